The van der Waals surface area contributed by atoms with E-state index in [4.69, 9.17) is 9.47 Å². The predicted molar refractivity (Wildman–Crippen MR) is 122 cm³/mol. The zero-order chi connectivity index (χ0) is 24.0. The summed E-state index contributed by atoms with van der Waals surface area (Å²) < 4.78 is 10.1. The highest BCUT2D eigenvalue weighted by Gasteiger charge is 2.28. The molecule has 33 heavy (non-hydrogen) atoms. The maximum absolute atomic E-state index is 13.1. The maximum Gasteiger partial charge on any atom is 0.308 e. The maximum atomic E-state index is 13.1. The van der Waals surface area contributed by atoms with Gasteiger partial charge in [0, 0.05) is 17.1 Å². The fourth-order valence-corrected chi connectivity index (χ4v) is 3.58. The monoisotopic (exact) mass is 455 g/mol. The van der Waals surface area contributed by atoms with Crippen molar-refractivity contribution in [3.05, 3.63) is 47.9 Å². The molecule has 0 saturated carbocycles. The number of aromatic amines is 2. The minimum Gasteiger partial charge on any atom is -0.496 e. The van der Waals surface area contributed by atoms with Crippen LogP contribution in [0.4, 0.5) is 0 Å². The molecule has 0 spiro atoms. The highest BCUT2D eigenvalue weighted by molar-refractivity contribution is 6.01. The lowest BCUT2D eigenvalue weighted by atomic mass is 10.0. The van der Waals surface area contributed by atoms with Crippen LogP contribution in [-0.4, -0.2) is 53.2 Å². The van der Waals surface area contributed by atoms with E-state index in [9.17, 15) is 14.4 Å². The molecule has 2 amide bonds. The van der Waals surface area contributed by atoms with Crippen LogP contribution in [0.5, 0.6) is 5.75 Å². The standard InChI is InChI=1S/C23H29N5O5/c1-13(2)10-18(22(30)26-17(12-21(29)33-4)16-8-9-24-28-16)27-23(31)19-11-14-15(25-19)6-5-7-20(14)32-3/h5-9,11,13,17-18,25H,10,12H2,1-4H3,(H,24,28)(H,26,30)(H,27,31)/t17?,18-/m0/s1. The average molecular weight is 456 g/mol. The Morgan fingerprint density at radius 2 is 1.91 bits per heavy atom. The van der Waals surface area contributed by atoms with Crippen LogP contribution in [0, 0.1) is 5.92 Å². The van der Waals surface area contributed by atoms with Gasteiger partial charge in [0.1, 0.15) is 17.5 Å². The SMILES string of the molecule is COC(=O)CC(NC(=O)[C@H](CC(C)C)NC(=O)c1cc2c(OC)cccc2[nH]1)c1cc[nH]n1. The van der Waals surface area contributed by atoms with E-state index in [0.717, 1.165) is 10.9 Å². The predicted octanol–water partition coefficient (Wildman–Crippen LogP) is 2.46. The zero-order valence-electron chi connectivity index (χ0n) is 19.1. The third kappa shape index (κ3) is 5.91. The molecule has 1 aromatic carbocycles. The number of aromatic nitrogens is 3. The van der Waals surface area contributed by atoms with E-state index >= 15 is 0 Å². The number of H-pyrrole nitrogens is 2. The Labute approximate surface area is 191 Å². The number of ether oxygens (including phenoxy) is 2. The number of fused-ring (bicyclic) bond motifs is 1. The largest absolute Gasteiger partial charge is 0.496 e. The zero-order valence-corrected chi connectivity index (χ0v) is 19.1. The molecule has 0 radical (unpaired) electrons. The van der Waals surface area contributed by atoms with Crippen molar-refractivity contribution >= 4 is 28.7 Å². The van der Waals surface area contributed by atoms with E-state index in [1.54, 1.807) is 25.4 Å². The summed E-state index contributed by atoms with van der Waals surface area (Å²) in [5.41, 5.74) is 1.56. The molecule has 2 aromatic heterocycles. The average Bonchev–Trinajstić information content (AvgIpc) is 3.47. The Morgan fingerprint density at radius 3 is 2.55 bits per heavy atom. The first-order valence-corrected chi connectivity index (χ1v) is 10.7. The van der Waals surface area contributed by atoms with Gasteiger partial charge in [-0.2, -0.15) is 5.10 Å². The van der Waals surface area contributed by atoms with Crippen LogP contribution in [-0.2, 0) is 14.3 Å². The summed E-state index contributed by atoms with van der Waals surface area (Å²) in [6.07, 6.45) is 1.92. The van der Waals surface area contributed by atoms with Crippen molar-refractivity contribution in [3.63, 3.8) is 0 Å². The van der Waals surface area contributed by atoms with E-state index < -0.39 is 29.9 Å². The minimum atomic E-state index is -0.815. The molecule has 0 saturated heterocycles. The number of rotatable bonds is 10. The molecule has 2 heterocycles. The number of methoxy groups -OCH3 is 2. The first-order chi connectivity index (χ1) is 15.8. The molecule has 0 aliphatic carbocycles. The summed E-state index contributed by atoms with van der Waals surface area (Å²) in [5.74, 6) is -0.544. The van der Waals surface area contributed by atoms with Crippen molar-refractivity contribution in [2.24, 2.45) is 5.92 Å². The Morgan fingerprint density at radius 1 is 1.12 bits per heavy atom. The van der Waals surface area contributed by atoms with Crippen LogP contribution < -0.4 is 15.4 Å². The quantitative estimate of drug-likeness (QED) is 0.347. The van der Waals surface area contributed by atoms with Crippen LogP contribution in [0.1, 0.15) is 48.9 Å². The van der Waals surface area contributed by atoms with Gasteiger partial charge in [0.15, 0.2) is 0 Å². The molecular formula is C23H29N5O5. The van der Waals surface area contributed by atoms with Crippen LogP contribution in [0.25, 0.3) is 10.9 Å². The van der Waals surface area contributed by atoms with Gasteiger partial charge in [-0.15, -0.1) is 0 Å². The summed E-state index contributed by atoms with van der Waals surface area (Å²) >= 11 is 0. The molecule has 4 N–H and O–H groups in total. The van der Waals surface area contributed by atoms with Gasteiger partial charge in [0.2, 0.25) is 5.91 Å². The van der Waals surface area contributed by atoms with Crippen molar-refractivity contribution < 1.29 is 23.9 Å². The Balaban J connectivity index is 1.79. The third-order valence-electron chi connectivity index (χ3n) is 5.21. The highest BCUT2D eigenvalue weighted by Crippen LogP contribution is 2.26. The molecule has 0 aliphatic rings. The second-order valence-corrected chi connectivity index (χ2v) is 8.10. The number of carbonyl (C=O) groups is 3. The smallest absolute Gasteiger partial charge is 0.308 e. The highest BCUT2D eigenvalue weighted by atomic mass is 16.5. The summed E-state index contributed by atoms with van der Waals surface area (Å²) in [6, 6.07) is 7.33. The lowest BCUT2D eigenvalue weighted by molar-refractivity contribution is -0.141. The lowest BCUT2D eigenvalue weighted by Crippen LogP contribution is -2.48. The molecule has 2 atom stereocenters. The van der Waals surface area contributed by atoms with Crippen LogP contribution in [0.3, 0.4) is 0 Å². The summed E-state index contributed by atoms with van der Waals surface area (Å²) in [4.78, 5) is 41.1. The van der Waals surface area contributed by atoms with Crippen molar-refractivity contribution in [3.8, 4) is 5.75 Å². The Hall–Kier alpha value is -3.82. The van der Waals surface area contributed by atoms with E-state index in [0.29, 0.717) is 23.6 Å². The van der Waals surface area contributed by atoms with Gasteiger partial charge in [0.25, 0.3) is 5.91 Å². The molecule has 1 unspecified atom stereocenters. The Kier molecular flexibility index (Phi) is 7.70. The molecule has 10 heteroatoms. The molecule has 10 nitrogen and oxygen atoms in total. The van der Waals surface area contributed by atoms with Crippen LogP contribution in [0.15, 0.2) is 36.5 Å². The molecule has 3 aromatic rings. The molecule has 176 valence electrons. The number of hydrogen-bond donors (Lipinski definition) is 4. The summed E-state index contributed by atoms with van der Waals surface area (Å²) in [7, 11) is 2.84. The van der Waals surface area contributed by atoms with Crippen molar-refractivity contribution in [1.82, 2.24) is 25.8 Å². The van der Waals surface area contributed by atoms with Gasteiger partial charge in [-0.25, -0.2) is 0 Å². The van der Waals surface area contributed by atoms with Crippen molar-refractivity contribution in [2.75, 3.05) is 14.2 Å². The van der Waals surface area contributed by atoms with Gasteiger partial charge in [-0.05, 0) is 36.6 Å². The number of nitrogens with zero attached hydrogens (tertiary/aromatic N) is 1. The Bertz CT molecular complexity index is 1110. The first kappa shape index (κ1) is 23.8. The number of carbonyl (C=O) groups excluding carboxylic acids is 3. The van der Waals surface area contributed by atoms with Gasteiger partial charge < -0.3 is 25.1 Å². The minimum absolute atomic E-state index is 0.0861. The molecular weight excluding hydrogens is 426 g/mol. The van der Waals surface area contributed by atoms with Gasteiger partial charge in [0.05, 0.1) is 32.4 Å². The van der Waals surface area contributed by atoms with E-state index in [-0.39, 0.29) is 12.3 Å². The summed E-state index contributed by atoms with van der Waals surface area (Å²) in [5, 5.41) is 13.2. The van der Waals surface area contributed by atoms with E-state index in [1.165, 1.54) is 7.11 Å². The number of benzene rings is 1. The number of nitrogens with one attached hydrogen (secondary N) is 4. The van der Waals surface area contributed by atoms with Crippen LogP contribution in [0.2, 0.25) is 0 Å². The molecule has 0 aliphatic heterocycles. The second-order valence-electron chi connectivity index (χ2n) is 8.10. The van der Waals surface area contributed by atoms with Crippen LogP contribution >= 0.6 is 0 Å². The van der Waals surface area contributed by atoms with Crippen molar-refractivity contribution in [2.45, 2.75) is 38.8 Å². The second kappa shape index (κ2) is 10.7. The van der Waals surface area contributed by atoms with Gasteiger partial charge in [-0.3, -0.25) is 19.5 Å². The molecule has 3 rings (SSSR count). The third-order valence-corrected chi connectivity index (χ3v) is 5.21. The van der Waals surface area contributed by atoms with Crippen molar-refractivity contribution in [1.29, 1.82) is 0 Å². The number of hydrogen-bond acceptors (Lipinski definition) is 6. The fourth-order valence-electron chi connectivity index (χ4n) is 3.58. The lowest BCUT2D eigenvalue weighted by Gasteiger charge is -2.23. The van der Waals surface area contributed by atoms with E-state index in [2.05, 4.69) is 25.8 Å². The topological polar surface area (TPSA) is 138 Å². The van der Waals surface area contributed by atoms with Gasteiger partial charge >= 0.3 is 5.97 Å². The fraction of sp³-hybridized carbons (Fsp3) is 0.391. The first-order valence-electron chi connectivity index (χ1n) is 10.7. The van der Waals surface area contributed by atoms with Gasteiger partial charge in [-0.1, -0.05) is 19.9 Å². The molecule has 0 fully saturated rings. The number of amides is 2. The normalized spacial score (nSPS) is 12.9. The molecule has 0 bridgehead atoms. The number of esters is 1. The summed E-state index contributed by atoms with van der Waals surface area (Å²) in [6.45, 7) is 3.92. The van der Waals surface area contributed by atoms with E-state index in [1.807, 2.05) is 32.0 Å².